The first-order valence-corrected chi connectivity index (χ1v) is 10.3. The zero-order valence-corrected chi connectivity index (χ0v) is 16.0. The van der Waals surface area contributed by atoms with Crippen LogP contribution in [0.1, 0.15) is 51.4 Å². The van der Waals surface area contributed by atoms with E-state index in [1.807, 2.05) is 4.90 Å². The van der Waals surface area contributed by atoms with Crippen molar-refractivity contribution in [1.82, 2.24) is 15.5 Å². The zero-order chi connectivity index (χ0) is 19.1. The van der Waals surface area contributed by atoms with E-state index in [-0.39, 0.29) is 36.7 Å². The van der Waals surface area contributed by atoms with E-state index in [1.165, 1.54) is 6.42 Å². The molecular weight excluding hydrogens is 350 g/mol. The molecule has 3 rings (SSSR count). The second-order valence-corrected chi connectivity index (χ2v) is 7.81. The van der Waals surface area contributed by atoms with Gasteiger partial charge in [0.1, 0.15) is 6.10 Å². The molecule has 2 aliphatic heterocycles. The molecule has 27 heavy (non-hydrogen) atoms. The number of rotatable bonds is 5. The normalized spacial score (nSPS) is 30.0. The van der Waals surface area contributed by atoms with Crippen molar-refractivity contribution >= 4 is 11.9 Å². The summed E-state index contributed by atoms with van der Waals surface area (Å²) in [6.45, 7) is 2.24. The summed E-state index contributed by atoms with van der Waals surface area (Å²) in [6, 6.07) is -0.167. The molecule has 8 heteroatoms. The number of nitrogens with one attached hydrogen (secondary N) is 2. The summed E-state index contributed by atoms with van der Waals surface area (Å²) in [5.74, 6) is 0.0708. The minimum absolute atomic E-state index is 0.0708. The van der Waals surface area contributed by atoms with E-state index in [4.69, 9.17) is 9.47 Å². The van der Waals surface area contributed by atoms with Crippen LogP contribution in [-0.4, -0.2) is 79.1 Å². The Morgan fingerprint density at radius 2 is 1.74 bits per heavy atom. The van der Waals surface area contributed by atoms with Gasteiger partial charge in [0.05, 0.1) is 38.4 Å². The minimum atomic E-state index is -0.474. The molecule has 2 heterocycles. The molecule has 3 atom stereocenters. The molecule has 0 aromatic rings. The number of morpholine rings is 1. The standard InChI is InChI=1S/C19H33N3O5/c23-13-17-16(21-19(25)20-14-4-2-1-3-5-14)7-6-15(27-17)12-18(24)22-8-10-26-11-9-22/h14-17,23H,1-13H2,(H2,20,21,25)/t15-,16+,17+/m0/s1. The Hall–Kier alpha value is -1.38. The lowest BCUT2D eigenvalue weighted by Gasteiger charge is -2.37. The first kappa shape index (κ1) is 20.4. The lowest BCUT2D eigenvalue weighted by atomic mass is 9.95. The van der Waals surface area contributed by atoms with Crippen molar-refractivity contribution in [3.63, 3.8) is 0 Å². The number of nitrogens with zero attached hydrogens (tertiary/aromatic N) is 1. The molecule has 3 fully saturated rings. The molecule has 0 bridgehead atoms. The predicted molar refractivity (Wildman–Crippen MR) is 99.3 cm³/mol. The Bertz CT molecular complexity index is 492. The molecule has 0 unspecified atom stereocenters. The number of carbonyl (C=O) groups excluding carboxylic acids is 2. The van der Waals surface area contributed by atoms with Crippen molar-refractivity contribution in [2.75, 3.05) is 32.9 Å². The highest BCUT2D eigenvalue weighted by atomic mass is 16.5. The number of aliphatic hydroxyl groups excluding tert-OH is 1. The Morgan fingerprint density at radius 3 is 2.44 bits per heavy atom. The van der Waals surface area contributed by atoms with Crippen LogP contribution in [0.5, 0.6) is 0 Å². The fourth-order valence-electron chi connectivity index (χ4n) is 4.23. The molecule has 154 valence electrons. The molecule has 1 saturated carbocycles. The molecule has 0 radical (unpaired) electrons. The molecule has 3 amide bonds. The quantitative estimate of drug-likeness (QED) is 0.651. The molecule has 0 aromatic heterocycles. The Morgan fingerprint density at radius 1 is 1.00 bits per heavy atom. The van der Waals surface area contributed by atoms with Gasteiger partial charge in [0, 0.05) is 19.1 Å². The maximum atomic E-state index is 12.4. The molecular formula is C19H33N3O5. The van der Waals surface area contributed by atoms with Crippen LogP contribution in [0.15, 0.2) is 0 Å². The molecule has 3 aliphatic rings. The number of carbonyl (C=O) groups is 2. The third kappa shape index (κ3) is 6.05. The van der Waals surface area contributed by atoms with Crippen LogP contribution < -0.4 is 10.6 Å². The van der Waals surface area contributed by atoms with Gasteiger partial charge in [0.15, 0.2) is 0 Å². The molecule has 3 N–H and O–H groups in total. The van der Waals surface area contributed by atoms with E-state index in [0.717, 1.165) is 25.7 Å². The average Bonchev–Trinajstić information content (AvgIpc) is 2.70. The third-order valence-electron chi connectivity index (χ3n) is 5.82. The highest BCUT2D eigenvalue weighted by Crippen LogP contribution is 2.23. The fourth-order valence-corrected chi connectivity index (χ4v) is 4.23. The number of hydrogen-bond acceptors (Lipinski definition) is 5. The van der Waals surface area contributed by atoms with E-state index in [1.54, 1.807) is 0 Å². The summed E-state index contributed by atoms with van der Waals surface area (Å²) in [5, 5.41) is 15.7. The van der Waals surface area contributed by atoms with Crippen LogP contribution in [0, 0.1) is 0 Å². The van der Waals surface area contributed by atoms with Crippen molar-refractivity contribution in [1.29, 1.82) is 0 Å². The van der Waals surface area contributed by atoms with Crippen molar-refractivity contribution in [3.05, 3.63) is 0 Å². The first-order valence-electron chi connectivity index (χ1n) is 10.3. The topological polar surface area (TPSA) is 100 Å². The van der Waals surface area contributed by atoms with Gasteiger partial charge in [0.2, 0.25) is 5.91 Å². The number of amides is 3. The summed E-state index contributed by atoms with van der Waals surface area (Å²) in [5.41, 5.74) is 0. The van der Waals surface area contributed by atoms with Crippen LogP contribution in [0.2, 0.25) is 0 Å². The summed E-state index contributed by atoms with van der Waals surface area (Å²) < 4.78 is 11.2. The van der Waals surface area contributed by atoms with Crippen molar-refractivity contribution in [2.45, 2.75) is 75.7 Å². The second-order valence-electron chi connectivity index (χ2n) is 7.81. The van der Waals surface area contributed by atoms with Crippen molar-refractivity contribution in [2.24, 2.45) is 0 Å². The van der Waals surface area contributed by atoms with Gasteiger partial charge in [-0.25, -0.2) is 4.79 Å². The summed E-state index contributed by atoms with van der Waals surface area (Å²) in [4.78, 5) is 26.5. The maximum absolute atomic E-state index is 12.4. The van der Waals surface area contributed by atoms with E-state index in [2.05, 4.69) is 10.6 Å². The average molecular weight is 383 g/mol. The fraction of sp³-hybridized carbons (Fsp3) is 0.895. The van der Waals surface area contributed by atoms with Gasteiger partial charge in [-0.15, -0.1) is 0 Å². The van der Waals surface area contributed by atoms with Crippen LogP contribution in [0.3, 0.4) is 0 Å². The predicted octanol–water partition coefficient (Wildman–Crippen LogP) is 0.776. The van der Waals surface area contributed by atoms with Crippen LogP contribution in [0.25, 0.3) is 0 Å². The molecule has 2 saturated heterocycles. The molecule has 0 spiro atoms. The largest absolute Gasteiger partial charge is 0.394 e. The van der Waals surface area contributed by atoms with Crippen LogP contribution in [0.4, 0.5) is 4.79 Å². The van der Waals surface area contributed by atoms with Gasteiger partial charge in [-0.1, -0.05) is 19.3 Å². The number of aliphatic hydroxyl groups is 1. The summed E-state index contributed by atoms with van der Waals surface area (Å²) in [7, 11) is 0. The Kier molecular flexibility index (Phi) is 7.72. The monoisotopic (exact) mass is 383 g/mol. The molecule has 1 aliphatic carbocycles. The Labute approximate surface area is 160 Å². The highest BCUT2D eigenvalue weighted by Gasteiger charge is 2.34. The van der Waals surface area contributed by atoms with Gasteiger partial charge in [-0.3, -0.25) is 4.79 Å². The number of hydrogen-bond donors (Lipinski definition) is 3. The van der Waals surface area contributed by atoms with E-state index >= 15 is 0 Å². The lowest BCUT2D eigenvalue weighted by Crippen LogP contribution is -2.55. The summed E-state index contributed by atoms with van der Waals surface area (Å²) in [6.07, 6.45) is 6.66. The van der Waals surface area contributed by atoms with Gasteiger partial charge >= 0.3 is 6.03 Å². The minimum Gasteiger partial charge on any atom is -0.394 e. The van der Waals surface area contributed by atoms with Crippen LogP contribution in [-0.2, 0) is 14.3 Å². The smallest absolute Gasteiger partial charge is 0.315 e. The van der Waals surface area contributed by atoms with E-state index in [9.17, 15) is 14.7 Å². The van der Waals surface area contributed by atoms with Gasteiger partial charge < -0.3 is 30.1 Å². The Balaban J connectivity index is 1.43. The first-order chi connectivity index (χ1) is 13.2. The SMILES string of the molecule is O=C(NC1CCCCC1)N[C@@H]1CC[C@@H](CC(=O)N2CCOCC2)O[C@@H]1CO. The molecule has 8 nitrogen and oxygen atoms in total. The van der Waals surface area contributed by atoms with Crippen LogP contribution >= 0.6 is 0 Å². The van der Waals surface area contributed by atoms with E-state index < -0.39 is 6.10 Å². The lowest BCUT2D eigenvalue weighted by molar-refractivity contribution is -0.143. The third-order valence-corrected chi connectivity index (χ3v) is 5.82. The second kappa shape index (κ2) is 10.2. The number of urea groups is 1. The van der Waals surface area contributed by atoms with Crippen molar-refractivity contribution < 1.29 is 24.2 Å². The van der Waals surface area contributed by atoms with E-state index in [0.29, 0.717) is 45.6 Å². The van der Waals surface area contributed by atoms with Gasteiger partial charge in [-0.05, 0) is 25.7 Å². The summed E-state index contributed by atoms with van der Waals surface area (Å²) >= 11 is 0. The molecule has 0 aromatic carbocycles. The van der Waals surface area contributed by atoms with Gasteiger partial charge in [0.25, 0.3) is 0 Å². The number of ether oxygens (including phenoxy) is 2. The zero-order valence-electron chi connectivity index (χ0n) is 16.0. The highest BCUT2D eigenvalue weighted by molar-refractivity contribution is 5.77. The van der Waals surface area contributed by atoms with Gasteiger partial charge in [-0.2, -0.15) is 0 Å². The van der Waals surface area contributed by atoms with Crippen molar-refractivity contribution in [3.8, 4) is 0 Å². The maximum Gasteiger partial charge on any atom is 0.315 e.